The maximum atomic E-state index is 13.3. The Morgan fingerprint density at radius 3 is 2.21 bits per heavy atom. The van der Waals surface area contributed by atoms with Gasteiger partial charge in [-0.05, 0) is 61.4 Å². The molecule has 2 unspecified atom stereocenters. The highest BCUT2D eigenvalue weighted by Crippen LogP contribution is 2.38. The minimum absolute atomic E-state index is 0.156. The minimum Gasteiger partial charge on any atom is -0.454 e. The van der Waals surface area contributed by atoms with Crippen molar-refractivity contribution in [2.24, 2.45) is 11.8 Å². The van der Waals surface area contributed by atoms with E-state index in [1.165, 1.54) is 29.2 Å². The molecular weight excluding hydrogens is 618 g/mol. The molecule has 0 spiro atoms. The number of amides is 2. The van der Waals surface area contributed by atoms with Gasteiger partial charge in [-0.25, -0.2) is 9.78 Å². The number of fused-ring (bicyclic) bond motifs is 2. The highest BCUT2D eigenvalue weighted by Gasteiger charge is 2.47. The molecule has 2 amide bonds. The maximum Gasteiger partial charge on any atom is 0.339 e. The van der Waals surface area contributed by atoms with Crippen molar-refractivity contribution in [3.8, 4) is 11.3 Å². The normalized spacial score (nSPS) is 17.7. The summed E-state index contributed by atoms with van der Waals surface area (Å²) in [5, 5.41) is 11.4. The van der Waals surface area contributed by atoms with Crippen molar-refractivity contribution in [1.29, 1.82) is 0 Å². The van der Waals surface area contributed by atoms with Crippen molar-refractivity contribution >= 4 is 61.8 Å². The Morgan fingerprint density at radius 1 is 0.930 bits per heavy atom. The summed E-state index contributed by atoms with van der Waals surface area (Å²) in [5.74, 6) is -2.33. The average molecular weight is 640 g/mol. The number of ketones is 1. The number of benzene rings is 3. The first-order chi connectivity index (χ1) is 20.7. The van der Waals surface area contributed by atoms with Gasteiger partial charge in [-0.3, -0.25) is 29.4 Å². The van der Waals surface area contributed by atoms with Crippen LogP contribution < -0.4 is 4.90 Å². The molecule has 6 rings (SSSR count). The highest BCUT2D eigenvalue weighted by atomic mass is 79.9. The lowest BCUT2D eigenvalue weighted by atomic mass is 9.85. The summed E-state index contributed by atoms with van der Waals surface area (Å²) in [4.78, 5) is 68.1. The number of anilines is 1. The zero-order chi connectivity index (χ0) is 30.2. The number of esters is 1. The number of pyridine rings is 1. The quantitative estimate of drug-likeness (QED) is 0.0593. The molecule has 2 atom stereocenters. The van der Waals surface area contributed by atoms with E-state index in [4.69, 9.17) is 9.72 Å². The van der Waals surface area contributed by atoms with Gasteiger partial charge >= 0.3 is 5.97 Å². The van der Waals surface area contributed by atoms with E-state index in [0.717, 1.165) is 0 Å². The number of carbonyl (C=O) groups is 4. The van der Waals surface area contributed by atoms with Gasteiger partial charge in [-0.1, -0.05) is 40.2 Å². The van der Waals surface area contributed by atoms with Crippen LogP contribution in [-0.4, -0.2) is 40.1 Å². The lowest BCUT2D eigenvalue weighted by Crippen LogP contribution is -2.30. The van der Waals surface area contributed by atoms with Crippen molar-refractivity contribution < 1.29 is 28.8 Å². The Bertz CT molecular complexity index is 1830. The lowest BCUT2D eigenvalue weighted by Gasteiger charge is -2.15. The first kappa shape index (κ1) is 28.1. The van der Waals surface area contributed by atoms with Gasteiger partial charge in [0, 0.05) is 33.1 Å². The van der Waals surface area contributed by atoms with E-state index in [1.807, 2.05) is 12.2 Å². The third-order valence-electron chi connectivity index (χ3n) is 7.65. The van der Waals surface area contributed by atoms with E-state index in [2.05, 4.69) is 15.9 Å². The molecule has 1 aliphatic heterocycles. The van der Waals surface area contributed by atoms with Gasteiger partial charge in [-0.2, -0.15) is 0 Å². The Morgan fingerprint density at radius 2 is 1.58 bits per heavy atom. The Kier molecular flexibility index (Phi) is 7.41. The van der Waals surface area contributed by atoms with Crippen LogP contribution in [0.25, 0.3) is 22.2 Å². The summed E-state index contributed by atoms with van der Waals surface area (Å²) in [6, 6.07) is 18.7. The molecule has 2 heterocycles. The molecule has 3 aromatic carbocycles. The molecule has 1 aliphatic carbocycles. The Labute approximate surface area is 253 Å². The van der Waals surface area contributed by atoms with Crippen LogP contribution in [0.3, 0.4) is 0 Å². The second-order valence-corrected chi connectivity index (χ2v) is 11.2. The van der Waals surface area contributed by atoms with Gasteiger partial charge in [0.05, 0.1) is 39.2 Å². The summed E-state index contributed by atoms with van der Waals surface area (Å²) in [6.45, 7) is -0.562. The Balaban J connectivity index is 1.26. The van der Waals surface area contributed by atoms with E-state index in [9.17, 15) is 29.3 Å². The smallest absolute Gasteiger partial charge is 0.339 e. The fourth-order valence-electron chi connectivity index (χ4n) is 5.41. The summed E-state index contributed by atoms with van der Waals surface area (Å²) < 4.78 is 6.08. The average Bonchev–Trinajstić information content (AvgIpc) is 3.28. The number of nitrogens with zero attached hydrogens (tertiary/aromatic N) is 3. The third kappa shape index (κ3) is 5.35. The number of non-ortho nitro benzene ring substituents is 1. The first-order valence-corrected chi connectivity index (χ1v) is 14.2. The number of imide groups is 1. The lowest BCUT2D eigenvalue weighted by molar-refractivity contribution is -0.384. The number of hydrogen-bond acceptors (Lipinski definition) is 8. The van der Waals surface area contributed by atoms with Crippen LogP contribution in [0.4, 0.5) is 11.4 Å². The summed E-state index contributed by atoms with van der Waals surface area (Å²) in [7, 11) is 0. The first-order valence-electron chi connectivity index (χ1n) is 13.4. The van der Waals surface area contributed by atoms with Crippen LogP contribution in [0, 0.1) is 22.0 Å². The monoisotopic (exact) mass is 639 g/mol. The second kappa shape index (κ2) is 11.3. The molecule has 10 nitrogen and oxygen atoms in total. The number of Topliss-reactive ketones (excluding diaryl/α,β-unsaturated/α-hetero) is 1. The standard InChI is InChI=1S/C32H22BrN3O7/c33-20-9-14-27-25(15-20)26(32(40)43-17-29(37)19-7-12-22(13-8-19)36(41)42)16-28(34-27)18-5-10-21(11-6-18)35-30(38)23-3-1-2-4-24(23)31(35)39/h1-2,5-16,23-24H,3-4,17H2. The molecule has 0 N–H and O–H groups in total. The van der Waals surface area contributed by atoms with Gasteiger partial charge in [0.15, 0.2) is 12.4 Å². The van der Waals surface area contributed by atoms with Crippen LogP contribution in [0.1, 0.15) is 33.6 Å². The van der Waals surface area contributed by atoms with E-state index >= 15 is 0 Å². The number of ether oxygens (including phenoxy) is 1. The topological polar surface area (TPSA) is 137 Å². The molecule has 1 saturated heterocycles. The predicted octanol–water partition coefficient (Wildman–Crippen LogP) is 6.07. The summed E-state index contributed by atoms with van der Waals surface area (Å²) >= 11 is 3.41. The third-order valence-corrected chi connectivity index (χ3v) is 8.15. The predicted molar refractivity (Wildman–Crippen MR) is 160 cm³/mol. The number of allylic oxidation sites excluding steroid dienone is 2. The fraction of sp³-hybridized carbons (Fsp3) is 0.156. The fourth-order valence-corrected chi connectivity index (χ4v) is 5.77. The zero-order valence-electron chi connectivity index (χ0n) is 22.4. The largest absolute Gasteiger partial charge is 0.454 e. The van der Waals surface area contributed by atoms with Crippen molar-refractivity contribution in [2.75, 3.05) is 11.5 Å². The summed E-state index contributed by atoms with van der Waals surface area (Å²) in [6.07, 6.45) is 4.99. The van der Waals surface area contributed by atoms with Crippen molar-refractivity contribution in [3.05, 3.63) is 111 Å². The van der Waals surface area contributed by atoms with Crippen molar-refractivity contribution in [3.63, 3.8) is 0 Å². The van der Waals surface area contributed by atoms with Crippen molar-refractivity contribution in [1.82, 2.24) is 4.98 Å². The molecule has 0 saturated carbocycles. The number of hydrogen-bond donors (Lipinski definition) is 0. The van der Waals surface area contributed by atoms with Gasteiger partial charge < -0.3 is 4.74 Å². The molecule has 214 valence electrons. The Hall–Kier alpha value is -5.03. The van der Waals surface area contributed by atoms with E-state index in [1.54, 1.807) is 48.5 Å². The van der Waals surface area contributed by atoms with E-state index < -0.39 is 23.3 Å². The SMILES string of the molecule is O=C(COC(=O)c1cc(-c2ccc(N3C(=O)C4CC=CCC4C3=O)cc2)nc2ccc(Br)cc12)c1ccc([N+](=O)[O-])cc1. The molecule has 0 bridgehead atoms. The van der Waals surface area contributed by atoms with Gasteiger partial charge in [0.2, 0.25) is 11.8 Å². The van der Waals surface area contributed by atoms with Crippen LogP contribution in [0.15, 0.2) is 89.4 Å². The molecule has 1 aromatic heterocycles. The number of nitro groups is 1. The number of rotatable bonds is 7. The van der Waals surface area contributed by atoms with Crippen LogP contribution in [0.5, 0.6) is 0 Å². The highest BCUT2D eigenvalue weighted by molar-refractivity contribution is 9.10. The molecule has 1 fully saturated rings. The van der Waals surface area contributed by atoms with Crippen molar-refractivity contribution in [2.45, 2.75) is 12.8 Å². The second-order valence-electron chi connectivity index (χ2n) is 10.2. The van der Waals surface area contributed by atoms with Gasteiger partial charge in [0.25, 0.3) is 5.69 Å². The number of aromatic nitrogens is 1. The van der Waals surface area contributed by atoms with Gasteiger partial charge in [0.1, 0.15) is 0 Å². The number of halogens is 1. The molecular formula is C32H22BrN3O7. The molecule has 0 radical (unpaired) electrons. The maximum absolute atomic E-state index is 13.3. The molecule has 4 aromatic rings. The van der Waals surface area contributed by atoms with Crippen LogP contribution in [-0.2, 0) is 14.3 Å². The number of nitro benzene ring substituents is 1. The zero-order valence-corrected chi connectivity index (χ0v) is 24.0. The van der Waals surface area contributed by atoms with Crippen LogP contribution in [0.2, 0.25) is 0 Å². The van der Waals surface area contributed by atoms with E-state index in [-0.39, 0.29) is 40.5 Å². The minimum atomic E-state index is -0.747. The van der Waals surface area contributed by atoms with Crippen LogP contribution >= 0.6 is 15.9 Å². The molecule has 11 heteroatoms. The van der Waals surface area contributed by atoms with Gasteiger partial charge in [-0.15, -0.1) is 0 Å². The summed E-state index contributed by atoms with van der Waals surface area (Å²) in [5.41, 5.74) is 2.28. The molecule has 43 heavy (non-hydrogen) atoms. The molecule has 2 aliphatic rings. The van der Waals surface area contributed by atoms with E-state index in [0.29, 0.717) is 45.2 Å². The number of carbonyl (C=O) groups excluding carboxylic acids is 4.